The zero-order valence-corrected chi connectivity index (χ0v) is 12.0. The molecule has 0 spiro atoms. The third kappa shape index (κ3) is 3.97. The fourth-order valence-corrected chi connectivity index (χ4v) is 2.03. The summed E-state index contributed by atoms with van der Waals surface area (Å²) in [5, 5.41) is 0. The van der Waals surface area contributed by atoms with E-state index in [4.69, 9.17) is 9.47 Å². The van der Waals surface area contributed by atoms with Gasteiger partial charge in [-0.2, -0.15) is 0 Å². The molecular weight excluding hydrogens is 224 g/mol. The van der Waals surface area contributed by atoms with Crippen molar-refractivity contribution in [2.24, 2.45) is 0 Å². The molecular formula is C16H24O2. The first-order valence-electron chi connectivity index (χ1n) is 6.53. The second-order valence-electron chi connectivity index (χ2n) is 4.64. The first kappa shape index (κ1) is 14.9. The van der Waals surface area contributed by atoms with Crippen molar-refractivity contribution in [2.45, 2.75) is 39.9 Å². The second-order valence-corrected chi connectivity index (χ2v) is 4.64. The predicted octanol–water partition coefficient (Wildman–Crippen LogP) is 4.05. The highest BCUT2D eigenvalue weighted by Crippen LogP contribution is 2.27. The molecule has 2 nitrogen and oxygen atoms in total. The Bertz CT molecular complexity index is 373. The van der Waals surface area contributed by atoms with Crippen LogP contribution in [0.5, 0.6) is 0 Å². The van der Waals surface area contributed by atoms with Crippen LogP contribution in [0.2, 0.25) is 0 Å². The number of hydrogen-bond acceptors (Lipinski definition) is 2. The van der Waals surface area contributed by atoms with Gasteiger partial charge in [0, 0.05) is 18.8 Å². The van der Waals surface area contributed by atoms with E-state index in [0.29, 0.717) is 13.2 Å². The van der Waals surface area contributed by atoms with Crippen LogP contribution < -0.4 is 0 Å². The summed E-state index contributed by atoms with van der Waals surface area (Å²) in [7, 11) is 0. The summed E-state index contributed by atoms with van der Waals surface area (Å²) in [4.78, 5) is 0. The van der Waals surface area contributed by atoms with E-state index in [1.54, 1.807) is 0 Å². The number of rotatable bonds is 7. The summed E-state index contributed by atoms with van der Waals surface area (Å²) >= 11 is 0. The lowest BCUT2D eigenvalue weighted by Crippen LogP contribution is -2.29. The van der Waals surface area contributed by atoms with Crippen LogP contribution in [0.15, 0.2) is 36.4 Å². The maximum atomic E-state index is 5.74. The normalized spacial score (nSPS) is 11.6. The first-order chi connectivity index (χ1) is 8.51. The largest absolute Gasteiger partial charge is 0.346 e. The van der Waals surface area contributed by atoms with Crippen LogP contribution in [-0.2, 0) is 21.7 Å². The highest BCUT2D eigenvalue weighted by atomic mass is 16.7. The monoisotopic (exact) mass is 248 g/mol. The molecule has 0 atom stereocenters. The Balaban J connectivity index is 2.89. The van der Waals surface area contributed by atoms with E-state index in [2.05, 4.69) is 30.8 Å². The van der Waals surface area contributed by atoms with Crippen LogP contribution in [-0.4, -0.2) is 13.2 Å². The highest BCUT2D eigenvalue weighted by Gasteiger charge is 2.27. The molecule has 0 N–H and O–H groups in total. The summed E-state index contributed by atoms with van der Waals surface area (Å²) in [5.74, 6) is -0.648. The molecule has 0 saturated carbocycles. The zero-order chi connectivity index (χ0) is 13.6. The molecule has 2 heteroatoms. The van der Waals surface area contributed by atoms with Crippen molar-refractivity contribution >= 4 is 0 Å². The van der Waals surface area contributed by atoms with Crippen molar-refractivity contribution in [1.29, 1.82) is 0 Å². The standard InChI is InChI=1S/C16H24O2/c1-6-17-16(5,18-7-2)15-10-8-14(9-11-15)12-13(3)4/h8-11H,3,6-7,12H2,1-2,4-5H3. The van der Waals surface area contributed by atoms with E-state index in [1.165, 1.54) is 11.1 Å². The Kier molecular flexibility index (Phi) is 5.57. The molecule has 0 aliphatic carbocycles. The topological polar surface area (TPSA) is 18.5 Å². The number of allylic oxidation sites excluding steroid dienone is 1. The van der Waals surface area contributed by atoms with Crippen LogP contribution in [0, 0.1) is 0 Å². The quantitative estimate of drug-likeness (QED) is 0.535. The Morgan fingerprint density at radius 3 is 2.00 bits per heavy atom. The second kappa shape index (κ2) is 6.72. The fourth-order valence-electron chi connectivity index (χ4n) is 2.03. The SMILES string of the molecule is C=C(C)Cc1ccc(C(C)(OCC)OCC)cc1. The van der Waals surface area contributed by atoms with E-state index in [0.717, 1.165) is 12.0 Å². The van der Waals surface area contributed by atoms with Gasteiger partial charge >= 0.3 is 0 Å². The zero-order valence-electron chi connectivity index (χ0n) is 12.0. The molecule has 0 bridgehead atoms. The van der Waals surface area contributed by atoms with Crippen LogP contribution in [0.4, 0.5) is 0 Å². The van der Waals surface area contributed by atoms with Crippen LogP contribution >= 0.6 is 0 Å². The lowest BCUT2D eigenvalue weighted by molar-refractivity contribution is -0.229. The minimum Gasteiger partial charge on any atom is -0.346 e. The number of ether oxygens (including phenoxy) is 2. The first-order valence-corrected chi connectivity index (χ1v) is 6.53. The minimum atomic E-state index is -0.648. The van der Waals surface area contributed by atoms with Crippen molar-refractivity contribution in [3.63, 3.8) is 0 Å². The maximum absolute atomic E-state index is 5.74. The highest BCUT2D eigenvalue weighted by molar-refractivity contribution is 5.27. The van der Waals surface area contributed by atoms with Gasteiger partial charge in [-0.1, -0.05) is 36.4 Å². The van der Waals surface area contributed by atoms with Gasteiger partial charge in [0.25, 0.3) is 0 Å². The van der Waals surface area contributed by atoms with Gasteiger partial charge in [-0.05, 0) is 39.7 Å². The molecule has 1 aromatic carbocycles. The molecule has 0 unspecified atom stereocenters. The van der Waals surface area contributed by atoms with E-state index in [9.17, 15) is 0 Å². The third-order valence-corrected chi connectivity index (χ3v) is 2.82. The molecule has 1 rings (SSSR count). The molecule has 0 heterocycles. The Labute approximate surface area is 111 Å². The molecule has 1 aromatic rings. The van der Waals surface area contributed by atoms with Crippen molar-refractivity contribution in [2.75, 3.05) is 13.2 Å². The van der Waals surface area contributed by atoms with Crippen LogP contribution in [0.1, 0.15) is 38.8 Å². The van der Waals surface area contributed by atoms with Gasteiger partial charge < -0.3 is 9.47 Å². The molecule has 100 valence electrons. The molecule has 0 aliphatic rings. The maximum Gasteiger partial charge on any atom is 0.191 e. The van der Waals surface area contributed by atoms with Crippen molar-refractivity contribution in [3.8, 4) is 0 Å². The predicted molar refractivity (Wildman–Crippen MR) is 75.6 cm³/mol. The van der Waals surface area contributed by atoms with Crippen molar-refractivity contribution in [3.05, 3.63) is 47.5 Å². The van der Waals surface area contributed by atoms with Gasteiger partial charge in [-0.25, -0.2) is 0 Å². The summed E-state index contributed by atoms with van der Waals surface area (Å²) in [6.07, 6.45) is 0.917. The smallest absolute Gasteiger partial charge is 0.191 e. The van der Waals surface area contributed by atoms with Gasteiger partial charge in [-0.15, -0.1) is 0 Å². The van der Waals surface area contributed by atoms with Gasteiger partial charge in [0.1, 0.15) is 0 Å². The fraction of sp³-hybridized carbons (Fsp3) is 0.500. The average molecular weight is 248 g/mol. The van der Waals surface area contributed by atoms with E-state index < -0.39 is 5.79 Å². The Morgan fingerprint density at radius 1 is 1.11 bits per heavy atom. The molecule has 0 radical (unpaired) electrons. The van der Waals surface area contributed by atoms with Gasteiger partial charge in [0.2, 0.25) is 0 Å². The molecule has 0 aliphatic heterocycles. The van der Waals surface area contributed by atoms with Gasteiger partial charge in [-0.3, -0.25) is 0 Å². The van der Waals surface area contributed by atoms with E-state index in [-0.39, 0.29) is 0 Å². The average Bonchev–Trinajstić information content (AvgIpc) is 2.29. The number of hydrogen-bond donors (Lipinski definition) is 0. The summed E-state index contributed by atoms with van der Waals surface area (Å²) in [6.45, 7) is 13.2. The summed E-state index contributed by atoms with van der Waals surface area (Å²) < 4.78 is 11.5. The number of benzene rings is 1. The lowest BCUT2D eigenvalue weighted by Gasteiger charge is -2.29. The Morgan fingerprint density at radius 2 is 1.61 bits per heavy atom. The molecule has 0 fully saturated rings. The minimum absolute atomic E-state index is 0.629. The van der Waals surface area contributed by atoms with E-state index in [1.807, 2.05) is 27.7 Å². The van der Waals surface area contributed by atoms with Crippen molar-refractivity contribution in [1.82, 2.24) is 0 Å². The molecule has 0 saturated heterocycles. The van der Waals surface area contributed by atoms with Gasteiger partial charge in [0.15, 0.2) is 5.79 Å². The summed E-state index contributed by atoms with van der Waals surface area (Å²) in [5.41, 5.74) is 3.48. The van der Waals surface area contributed by atoms with E-state index >= 15 is 0 Å². The molecule has 0 aromatic heterocycles. The van der Waals surface area contributed by atoms with Crippen LogP contribution in [0.3, 0.4) is 0 Å². The van der Waals surface area contributed by atoms with Gasteiger partial charge in [0.05, 0.1) is 0 Å². The van der Waals surface area contributed by atoms with Crippen LogP contribution in [0.25, 0.3) is 0 Å². The van der Waals surface area contributed by atoms with Crippen molar-refractivity contribution < 1.29 is 9.47 Å². The molecule has 18 heavy (non-hydrogen) atoms. The lowest BCUT2D eigenvalue weighted by atomic mass is 10.0. The third-order valence-electron chi connectivity index (χ3n) is 2.82. The Hall–Kier alpha value is -1.12. The summed E-state index contributed by atoms with van der Waals surface area (Å²) in [6, 6.07) is 8.37. The molecule has 0 amide bonds.